The number of aromatic nitrogens is 2. The van der Waals surface area contributed by atoms with Gasteiger partial charge in [0.25, 0.3) is 0 Å². The van der Waals surface area contributed by atoms with Crippen LogP contribution in [-0.2, 0) is 7.05 Å². The molecule has 0 aliphatic rings. The molecule has 8 nitrogen and oxygen atoms in total. The molecule has 1 aromatic heterocycles. The second-order valence-electron chi connectivity index (χ2n) is 6.23. The highest BCUT2D eigenvalue weighted by Crippen LogP contribution is 2.36. The summed E-state index contributed by atoms with van der Waals surface area (Å²) in [6, 6.07) is 12.0. The Kier molecular flexibility index (Phi) is 6.18. The quantitative estimate of drug-likeness (QED) is 0.293. The third kappa shape index (κ3) is 4.57. The van der Waals surface area contributed by atoms with Crippen LogP contribution in [0.15, 0.2) is 58.3 Å². The van der Waals surface area contributed by atoms with Gasteiger partial charge in [0, 0.05) is 29.5 Å². The molecule has 0 aliphatic heterocycles. The minimum Gasteiger partial charge on any atom is -0.496 e. The van der Waals surface area contributed by atoms with Gasteiger partial charge in [0.1, 0.15) is 5.75 Å². The van der Waals surface area contributed by atoms with E-state index in [0.717, 1.165) is 15.7 Å². The fourth-order valence-electron chi connectivity index (χ4n) is 2.86. The molecule has 0 spiro atoms. The fourth-order valence-corrected chi connectivity index (χ4v) is 3.42. The molecule has 2 amide bonds. The van der Waals surface area contributed by atoms with Gasteiger partial charge in [0.15, 0.2) is 0 Å². The molecule has 9 heteroatoms. The van der Waals surface area contributed by atoms with E-state index in [1.807, 2.05) is 13.1 Å². The van der Waals surface area contributed by atoms with Crippen molar-refractivity contribution in [2.45, 2.75) is 6.92 Å². The van der Waals surface area contributed by atoms with Crippen molar-refractivity contribution in [1.29, 1.82) is 0 Å². The zero-order valence-corrected chi connectivity index (χ0v) is 17.7. The number of amides is 2. The second kappa shape index (κ2) is 8.78. The molecule has 0 saturated carbocycles. The van der Waals surface area contributed by atoms with Crippen molar-refractivity contribution in [2.24, 2.45) is 12.2 Å². The Morgan fingerprint density at radius 3 is 2.55 bits per heavy atom. The van der Waals surface area contributed by atoms with Crippen LogP contribution in [0.2, 0.25) is 0 Å². The lowest BCUT2D eigenvalue weighted by Gasteiger charge is -2.13. The smallest absolute Gasteiger partial charge is 0.323 e. The summed E-state index contributed by atoms with van der Waals surface area (Å²) in [6.07, 6.45) is 1.70. The average molecular weight is 458 g/mol. The number of carbonyl (C=O) groups is 1. The van der Waals surface area contributed by atoms with E-state index in [4.69, 9.17) is 9.94 Å². The molecular weight excluding hydrogens is 438 g/mol. The van der Waals surface area contributed by atoms with Crippen LogP contribution in [0.5, 0.6) is 5.75 Å². The lowest BCUT2D eigenvalue weighted by molar-refractivity contribution is 0.262. The number of methoxy groups -OCH3 is 1. The maximum Gasteiger partial charge on any atom is 0.323 e. The van der Waals surface area contributed by atoms with E-state index in [2.05, 4.69) is 36.8 Å². The van der Waals surface area contributed by atoms with Gasteiger partial charge >= 0.3 is 6.03 Å². The first kappa shape index (κ1) is 20.4. The molecule has 150 valence electrons. The normalized spacial score (nSPS) is 11.2. The zero-order chi connectivity index (χ0) is 21.0. The van der Waals surface area contributed by atoms with E-state index in [-0.39, 0.29) is 0 Å². The third-order valence-corrected chi connectivity index (χ3v) is 4.88. The van der Waals surface area contributed by atoms with Crippen LogP contribution in [0.1, 0.15) is 12.5 Å². The van der Waals surface area contributed by atoms with Gasteiger partial charge in [-0.2, -0.15) is 5.10 Å². The van der Waals surface area contributed by atoms with Crippen molar-refractivity contribution in [3.05, 3.63) is 58.7 Å². The molecule has 0 radical (unpaired) electrons. The first-order chi connectivity index (χ1) is 13.9. The number of anilines is 2. The number of benzene rings is 2. The molecule has 3 rings (SSSR count). The molecule has 3 N–H and O–H groups in total. The van der Waals surface area contributed by atoms with Gasteiger partial charge in [-0.1, -0.05) is 17.3 Å². The Hall–Kier alpha value is -3.33. The van der Waals surface area contributed by atoms with Crippen LogP contribution < -0.4 is 15.4 Å². The molecule has 0 atom stereocenters. The van der Waals surface area contributed by atoms with Crippen molar-refractivity contribution >= 4 is 39.0 Å². The highest BCUT2D eigenvalue weighted by molar-refractivity contribution is 9.10. The van der Waals surface area contributed by atoms with E-state index in [9.17, 15) is 4.79 Å². The number of hydrogen-bond donors (Lipinski definition) is 3. The lowest BCUT2D eigenvalue weighted by Crippen LogP contribution is -2.19. The number of nitrogens with zero attached hydrogens (tertiary/aromatic N) is 3. The number of ether oxygens (including phenoxy) is 1. The monoisotopic (exact) mass is 457 g/mol. The van der Waals surface area contributed by atoms with Crippen LogP contribution in [-0.4, -0.2) is 33.8 Å². The van der Waals surface area contributed by atoms with E-state index in [1.165, 1.54) is 0 Å². The number of halogens is 1. The van der Waals surface area contributed by atoms with Crippen LogP contribution in [0.4, 0.5) is 16.2 Å². The number of oxime groups is 1. The second-order valence-corrected chi connectivity index (χ2v) is 7.08. The number of hydrogen-bond acceptors (Lipinski definition) is 5. The number of nitrogens with one attached hydrogen (secondary N) is 2. The van der Waals surface area contributed by atoms with Gasteiger partial charge in [-0.15, -0.1) is 0 Å². The van der Waals surface area contributed by atoms with Crippen molar-refractivity contribution in [2.75, 3.05) is 17.7 Å². The van der Waals surface area contributed by atoms with E-state index in [0.29, 0.717) is 28.4 Å². The van der Waals surface area contributed by atoms with Gasteiger partial charge in [-0.3, -0.25) is 4.68 Å². The summed E-state index contributed by atoms with van der Waals surface area (Å²) in [4.78, 5) is 12.5. The van der Waals surface area contributed by atoms with Crippen LogP contribution in [0.25, 0.3) is 11.3 Å². The van der Waals surface area contributed by atoms with Crippen LogP contribution >= 0.6 is 15.9 Å². The summed E-state index contributed by atoms with van der Waals surface area (Å²) < 4.78 is 8.00. The molecule has 0 fully saturated rings. The Morgan fingerprint density at radius 1 is 1.21 bits per heavy atom. The predicted octanol–water partition coefficient (Wildman–Crippen LogP) is 4.70. The summed E-state index contributed by atoms with van der Waals surface area (Å²) in [5.41, 5.74) is 3.95. The van der Waals surface area contributed by atoms with Gasteiger partial charge in [0.05, 0.1) is 29.2 Å². The molecule has 0 unspecified atom stereocenters. The standard InChI is InChI=1S/C20H20BrN5O3/c1-12(25-28)13-5-4-6-14(9-13)23-20(27)24-15-7-8-18(29-3)16(10-15)19-17(21)11-22-26(19)2/h4-11,28H,1-3H3,(H2,23,24,27)/b25-12+. The van der Waals surface area contributed by atoms with Gasteiger partial charge in [-0.05, 0) is 53.2 Å². The SMILES string of the molecule is COc1ccc(NC(=O)Nc2cccc(/C(C)=N/O)c2)cc1-c1c(Br)cnn1C. The number of aryl methyl sites for hydroxylation is 1. The van der Waals surface area contributed by atoms with E-state index >= 15 is 0 Å². The van der Waals surface area contributed by atoms with Crippen molar-refractivity contribution in [3.8, 4) is 17.0 Å². The lowest BCUT2D eigenvalue weighted by atomic mass is 10.1. The van der Waals surface area contributed by atoms with E-state index in [1.54, 1.807) is 61.3 Å². The number of urea groups is 1. The Labute approximate surface area is 176 Å². The molecule has 1 heterocycles. The summed E-state index contributed by atoms with van der Waals surface area (Å²) in [5, 5.41) is 21.9. The maximum absolute atomic E-state index is 12.5. The van der Waals surface area contributed by atoms with E-state index < -0.39 is 6.03 Å². The van der Waals surface area contributed by atoms with Crippen LogP contribution in [0, 0.1) is 0 Å². The molecular formula is C20H20BrN5O3. The zero-order valence-electron chi connectivity index (χ0n) is 16.1. The first-order valence-electron chi connectivity index (χ1n) is 8.66. The molecule has 0 saturated heterocycles. The molecule has 29 heavy (non-hydrogen) atoms. The molecule has 2 aromatic carbocycles. The fraction of sp³-hybridized carbons (Fsp3) is 0.150. The van der Waals surface area contributed by atoms with Crippen molar-refractivity contribution in [1.82, 2.24) is 9.78 Å². The number of rotatable bonds is 5. The summed E-state index contributed by atoms with van der Waals surface area (Å²) >= 11 is 3.50. The Bertz CT molecular complexity index is 1060. The van der Waals surface area contributed by atoms with Gasteiger partial charge in [0.2, 0.25) is 0 Å². The minimum atomic E-state index is -0.402. The van der Waals surface area contributed by atoms with Crippen molar-refractivity contribution < 1.29 is 14.7 Å². The third-order valence-electron chi connectivity index (χ3n) is 4.29. The van der Waals surface area contributed by atoms with Gasteiger partial charge < -0.3 is 20.6 Å². The topological polar surface area (TPSA) is 101 Å². The largest absolute Gasteiger partial charge is 0.496 e. The predicted molar refractivity (Wildman–Crippen MR) is 116 cm³/mol. The summed E-state index contributed by atoms with van der Waals surface area (Å²) in [5.74, 6) is 0.659. The molecule has 0 aliphatic carbocycles. The van der Waals surface area contributed by atoms with Crippen LogP contribution in [0.3, 0.4) is 0 Å². The highest BCUT2D eigenvalue weighted by atomic mass is 79.9. The number of carbonyl (C=O) groups excluding carboxylic acids is 1. The summed E-state index contributed by atoms with van der Waals surface area (Å²) in [7, 11) is 3.42. The minimum absolute atomic E-state index is 0.402. The highest BCUT2D eigenvalue weighted by Gasteiger charge is 2.15. The van der Waals surface area contributed by atoms with Gasteiger partial charge in [-0.25, -0.2) is 4.79 Å². The first-order valence-corrected chi connectivity index (χ1v) is 9.45. The van der Waals surface area contributed by atoms with Crippen molar-refractivity contribution in [3.63, 3.8) is 0 Å². The maximum atomic E-state index is 12.5. The Morgan fingerprint density at radius 2 is 1.93 bits per heavy atom. The Balaban J connectivity index is 1.82. The average Bonchev–Trinajstić information content (AvgIpc) is 3.05. The summed E-state index contributed by atoms with van der Waals surface area (Å²) in [6.45, 7) is 1.68. The molecule has 3 aromatic rings. The molecule has 0 bridgehead atoms.